The molecule has 2 heterocycles. The molecule has 2 atom stereocenters. The summed E-state index contributed by atoms with van der Waals surface area (Å²) in [6.45, 7) is 1.55. The third kappa shape index (κ3) is 3.17. The fraction of sp³-hybridized carbons (Fsp3) is 0.240. The molecular formula is C25H23NO2. The molecule has 28 heavy (non-hydrogen) atoms. The van der Waals surface area contributed by atoms with Crippen LogP contribution in [-0.2, 0) is 11.2 Å². The zero-order chi connectivity index (χ0) is 18.9. The first-order valence-corrected chi connectivity index (χ1v) is 9.93. The summed E-state index contributed by atoms with van der Waals surface area (Å²) in [5.41, 5.74) is 5.89. The van der Waals surface area contributed by atoms with E-state index in [9.17, 15) is 4.79 Å². The van der Waals surface area contributed by atoms with Crippen molar-refractivity contribution in [2.45, 2.75) is 25.1 Å². The standard InChI is InChI=1S/C25H23NO2/c27-24(19-9-5-2-6-10-19)16-22-17-28-25-23-12-11-20(18-7-3-1-4-8-18)15-21(23)13-14-26(22)25/h1-12,15,22,25H,13-14,16-17H2. The van der Waals surface area contributed by atoms with Gasteiger partial charge in [-0.05, 0) is 28.7 Å². The van der Waals surface area contributed by atoms with Gasteiger partial charge in [-0.3, -0.25) is 9.69 Å². The van der Waals surface area contributed by atoms with E-state index in [1.165, 1.54) is 22.3 Å². The first kappa shape index (κ1) is 17.4. The summed E-state index contributed by atoms with van der Waals surface area (Å²) >= 11 is 0. The lowest BCUT2D eigenvalue weighted by atomic mass is 9.92. The molecule has 0 spiro atoms. The van der Waals surface area contributed by atoms with E-state index in [1.54, 1.807) is 0 Å². The average Bonchev–Trinajstić information content (AvgIpc) is 3.17. The van der Waals surface area contributed by atoms with Crippen molar-refractivity contribution in [3.8, 4) is 11.1 Å². The van der Waals surface area contributed by atoms with Crippen LogP contribution in [0.5, 0.6) is 0 Å². The Morgan fingerprint density at radius 2 is 1.68 bits per heavy atom. The fourth-order valence-corrected chi connectivity index (χ4v) is 4.41. The Kier molecular flexibility index (Phi) is 4.55. The third-order valence-electron chi connectivity index (χ3n) is 5.89. The van der Waals surface area contributed by atoms with Crippen LogP contribution in [0.1, 0.15) is 34.1 Å². The predicted octanol–water partition coefficient (Wildman–Crippen LogP) is 4.88. The number of ether oxygens (including phenoxy) is 1. The molecular weight excluding hydrogens is 346 g/mol. The average molecular weight is 369 g/mol. The Morgan fingerprint density at radius 1 is 0.929 bits per heavy atom. The van der Waals surface area contributed by atoms with E-state index >= 15 is 0 Å². The smallest absolute Gasteiger partial charge is 0.164 e. The molecule has 1 saturated heterocycles. The Morgan fingerprint density at radius 3 is 2.46 bits per heavy atom. The zero-order valence-corrected chi connectivity index (χ0v) is 15.8. The highest BCUT2D eigenvalue weighted by atomic mass is 16.5. The van der Waals surface area contributed by atoms with Crippen molar-refractivity contribution >= 4 is 5.78 Å². The van der Waals surface area contributed by atoms with Crippen molar-refractivity contribution in [2.75, 3.05) is 13.2 Å². The molecule has 0 bridgehead atoms. The number of nitrogens with zero attached hydrogens (tertiary/aromatic N) is 1. The Hall–Kier alpha value is -2.75. The molecule has 3 heteroatoms. The van der Waals surface area contributed by atoms with Crippen LogP contribution in [0.4, 0.5) is 0 Å². The maximum absolute atomic E-state index is 12.6. The number of ketones is 1. The van der Waals surface area contributed by atoms with Gasteiger partial charge in [-0.2, -0.15) is 0 Å². The van der Waals surface area contributed by atoms with E-state index in [0.29, 0.717) is 13.0 Å². The summed E-state index contributed by atoms with van der Waals surface area (Å²) < 4.78 is 6.15. The highest BCUT2D eigenvalue weighted by Gasteiger charge is 2.39. The molecule has 2 unspecified atom stereocenters. The summed E-state index contributed by atoms with van der Waals surface area (Å²) in [6.07, 6.45) is 1.48. The van der Waals surface area contributed by atoms with Gasteiger partial charge in [0, 0.05) is 24.6 Å². The van der Waals surface area contributed by atoms with Crippen LogP contribution in [-0.4, -0.2) is 29.9 Å². The Balaban J connectivity index is 1.35. The van der Waals surface area contributed by atoms with Gasteiger partial charge < -0.3 is 4.74 Å². The van der Waals surface area contributed by atoms with E-state index in [0.717, 1.165) is 18.5 Å². The molecule has 3 aromatic rings. The van der Waals surface area contributed by atoms with Gasteiger partial charge in [0.05, 0.1) is 6.61 Å². The molecule has 5 rings (SSSR count). The van der Waals surface area contributed by atoms with Gasteiger partial charge in [0.1, 0.15) is 6.23 Å². The summed E-state index contributed by atoms with van der Waals surface area (Å²) in [6, 6.07) is 26.9. The normalized spacial score (nSPS) is 21.1. The highest BCUT2D eigenvalue weighted by molar-refractivity contribution is 5.96. The Bertz CT molecular complexity index is 984. The molecule has 2 aliphatic rings. The molecule has 0 aliphatic carbocycles. The minimum Gasteiger partial charge on any atom is -0.357 e. The van der Waals surface area contributed by atoms with Crippen molar-refractivity contribution in [3.05, 3.63) is 95.6 Å². The molecule has 3 aromatic carbocycles. The van der Waals surface area contributed by atoms with Crippen LogP contribution in [0.2, 0.25) is 0 Å². The number of carbonyl (C=O) groups is 1. The molecule has 2 aliphatic heterocycles. The number of hydrogen-bond donors (Lipinski definition) is 0. The predicted molar refractivity (Wildman–Crippen MR) is 110 cm³/mol. The minimum atomic E-state index is -0.0258. The lowest BCUT2D eigenvalue weighted by Crippen LogP contribution is -2.39. The monoisotopic (exact) mass is 369 g/mol. The zero-order valence-electron chi connectivity index (χ0n) is 15.8. The molecule has 0 saturated carbocycles. The van der Waals surface area contributed by atoms with Crippen molar-refractivity contribution in [1.82, 2.24) is 4.90 Å². The van der Waals surface area contributed by atoms with E-state index in [1.807, 2.05) is 36.4 Å². The van der Waals surface area contributed by atoms with Crippen LogP contribution in [0.15, 0.2) is 78.9 Å². The van der Waals surface area contributed by atoms with Crippen molar-refractivity contribution < 1.29 is 9.53 Å². The van der Waals surface area contributed by atoms with E-state index in [-0.39, 0.29) is 18.1 Å². The number of hydrogen-bond acceptors (Lipinski definition) is 3. The lowest BCUT2D eigenvalue weighted by Gasteiger charge is -2.33. The maximum atomic E-state index is 12.6. The molecule has 0 N–H and O–H groups in total. The molecule has 0 aromatic heterocycles. The van der Waals surface area contributed by atoms with Crippen molar-refractivity contribution in [3.63, 3.8) is 0 Å². The second kappa shape index (κ2) is 7.34. The van der Waals surface area contributed by atoms with Gasteiger partial charge in [-0.1, -0.05) is 78.9 Å². The molecule has 140 valence electrons. The summed E-state index contributed by atoms with van der Waals surface area (Å²) in [5, 5.41) is 0. The quantitative estimate of drug-likeness (QED) is 0.614. The van der Waals surface area contributed by atoms with Gasteiger partial charge in [-0.25, -0.2) is 0 Å². The number of carbonyl (C=O) groups excluding carboxylic acids is 1. The first-order chi connectivity index (χ1) is 13.8. The van der Waals surface area contributed by atoms with Crippen LogP contribution in [0, 0.1) is 0 Å². The number of fused-ring (bicyclic) bond motifs is 3. The van der Waals surface area contributed by atoms with E-state index < -0.39 is 0 Å². The largest absolute Gasteiger partial charge is 0.357 e. The second-order valence-corrected chi connectivity index (χ2v) is 7.60. The van der Waals surface area contributed by atoms with Gasteiger partial charge in [-0.15, -0.1) is 0 Å². The van der Waals surface area contributed by atoms with Gasteiger partial charge in [0.15, 0.2) is 5.78 Å². The second-order valence-electron chi connectivity index (χ2n) is 7.60. The van der Waals surface area contributed by atoms with Crippen molar-refractivity contribution in [1.29, 1.82) is 0 Å². The minimum absolute atomic E-state index is 0.0258. The van der Waals surface area contributed by atoms with Gasteiger partial charge in [0.25, 0.3) is 0 Å². The fourth-order valence-electron chi connectivity index (χ4n) is 4.41. The summed E-state index contributed by atoms with van der Waals surface area (Å²) in [5.74, 6) is 0.195. The topological polar surface area (TPSA) is 29.5 Å². The first-order valence-electron chi connectivity index (χ1n) is 9.93. The highest BCUT2D eigenvalue weighted by Crippen LogP contribution is 2.39. The molecule has 1 fully saturated rings. The SMILES string of the molecule is O=C(CC1COC2c3ccc(-c4ccccc4)cc3CCN12)c1ccccc1. The van der Waals surface area contributed by atoms with Crippen LogP contribution in [0.3, 0.4) is 0 Å². The maximum Gasteiger partial charge on any atom is 0.164 e. The molecule has 0 radical (unpaired) electrons. The summed E-state index contributed by atoms with van der Waals surface area (Å²) in [7, 11) is 0. The molecule has 0 amide bonds. The number of rotatable bonds is 4. The van der Waals surface area contributed by atoms with Gasteiger partial charge >= 0.3 is 0 Å². The van der Waals surface area contributed by atoms with E-state index in [2.05, 4.69) is 47.4 Å². The van der Waals surface area contributed by atoms with Crippen LogP contribution < -0.4 is 0 Å². The number of Topliss-reactive ketones (excluding diaryl/α,β-unsaturated/α-hetero) is 1. The third-order valence-corrected chi connectivity index (χ3v) is 5.89. The number of benzene rings is 3. The Labute approximate surface area is 165 Å². The lowest BCUT2D eigenvalue weighted by molar-refractivity contribution is 0.0216. The summed E-state index contributed by atoms with van der Waals surface area (Å²) in [4.78, 5) is 15.0. The van der Waals surface area contributed by atoms with Crippen LogP contribution >= 0.6 is 0 Å². The molecule has 3 nitrogen and oxygen atoms in total. The van der Waals surface area contributed by atoms with Crippen LogP contribution in [0.25, 0.3) is 11.1 Å². The van der Waals surface area contributed by atoms with E-state index in [4.69, 9.17) is 4.74 Å². The van der Waals surface area contributed by atoms with Crippen molar-refractivity contribution in [2.24, 2.45) is 0 Å². The van der Waals surface area contributed by atoms with Gasteiger partial charge in [0.2, 0.25) is 0 Å².